The molecule has 2 amide bonds. The lowest BCUT2D eigenvalue weighted by Gasteiger charge is -2.07. The molecule has 1 heterocycles. The summed E-state index contributed by atoms with van der Waals surface area (Å²) in [6.07, 6.45) is 1.65. The summed E-state index contributed by atoms with van der Waals surface area (Å²) < 4.78 is 0.896. The molecule has 0 aliphatic heterocycles. The van der Waals surface area contributed by atoms with Gasteiger partial charge in [-0.25, -0.2) is 9.78 Å². The molecular weight excluding hydrogens is 254 g/mol. The SMILES string of the molecule is CC(C)NC(=O)Nc1ncc(Br)s1. The Hall–Kier alpha value is -0.620. The highest BCUT2D eigenvalue weighted by Gasteiger charge is 2.05. The highest BCUT2D eigenvalue weighted by atomic mass is 79.9. The Morgan fingerprint density at radius 1 is 1.69 bits per heavy atom. The molecule has 2 N–H and O–H groups in total. The van der Waals surface area contributed by atoms with Gasteiger partial charge in [-0.1, -0.05) is 11.3 Å². The van der Waals surface area contributed by atoms with Gasteiger partial charge in [-0.3, -0.25) is 5.32 Å². The molecule has 0 aromatic carbocycles. The quantitative estimate of drug-likeness (QED) is 0.861. The van der Waals surface area contributed by atoms with Crippen molar-refractivity contribution in [1.29, 1.82) is 0 Å². The average molecular weight is 264 g/mol. The molecule has 0 atom stereocenters. The summed E-state index contributed by atoms with van der Waals surface area (Å²) in [6.45, 7) is 3.80. The standard InChI is InChI=1S/C7H10BrN3OS/c1-4(2)10-6(12)11-7-9-3-5(8)13-7/h3-4H,1-2H3,(H2,9,10,11,12). The lowest BCUT2D eigenvalue weighted by Crippen LogP contribution is -2.34. The third kappa shape index (κ3) is 3.73. The van der Waals surface area contributed by atoms with E-state index in [2.05, 4.69) is 31.5 Å². The number of nitrogens with zero attached hydrogens (tertiary/aromatic N) is 1. The lowest BCUT2D eigenvalue weighted by atomic mass is 10.4. The Kier molecular flexibility index (Phi) is 3.68. The monoisotopic (exact) mass is 263 g/mol. The minimum absolute atomic E-state index is 0.128. The van der Waals surface area contributed by atoms with Gasteiger partial charge in [0.2, 0.25) is 0 Å². The van der Waals surface area contributed by atoms with Crippen LogP contribution < -0.4 is 10.6 Å². The summed E-state index contributed by atoms with van der Waals surface area (Å²) in [6, 6.07) is -0.0970. The van der Waals surface area contributed by atoms with E-state index in [1.54, 1.807) is 6.20 Å². The van der Waals surface area contributed by atoms with Gasteiger partial charge in [0.1, 0.15) is 0 Å². The Balaban J connectivity index is 2.45. The molecule has 0 spiro atoms. The molecule has 1 aromatic heterocycles. The van der Waals surface area contributed by atoms with Crippen molar-refractivity contribution >= 4 is 38.4 Å². The first-order chi connectivity index (χ1) is 6.08. The van der Waals surface area contributed by atoms with Gasteiger partial charge in [-0.05, 0) is 29.8 Å². The van der Waals surface area contributed by atoms with Gasteiger partial charge in [0, 0.05) is 6.04 Å². The number of nitrogens with one attached hydrogen (secondary N) is 2. The van der Waals surface area contributed by atoms with E-state index in [4.69, 9.17) is 0 Å². The van der Waals surface area contributed by atoms with Crippen LogP contribution in [0.1, 0.15) is 13.8 Å². The predicted octanol–water partition coefficient (Wildman–Crippen LogP) is 2.44. The van der Waals surface area contributed by atoms with E-state index >= 15 is 0 Å². The number of hydrogen-bond donors (Lipinski definition) is 2. The van der Waals surface area contributed by atoms with E-state index in [9.17, 15) is 4.79 Å². The molecule has 1 rings (SSSR count). The smallest absolute Gasteiger partial charge is 0.321 e. The number of urea groups is 1. The molecule has 4 nitrogen and oxygen atoms in total. The molecule has 0 aliphatic carbocycles. The van der Waals surface area contributed by atoms with Crippen LogP contribution in [0.15, 0.2) is 9.98 Å². The number of hydrogen-bond acceptors (Lipinski definition) is 3. The minimum Gasteiger partial charge on any atom is -0.336 e. The second-order valence-corrected chi connectivity index (χ2v) is 5.13. The molecule has 0 aliphatic rings. The van der Waals surface area contributed by atoms with E-state index < -0.39 is 0 Å². The number of anilines is 1. The van der Waals surface area contributed by atoms with Crippen LogP contribution in [0.5, 0.6) is 0 Å². The van der Waals surface area contributed by atoms with E-state index in [0.717, 1.165) is 3.79 Å². The normalized spacial score (nSPS) is 10.2. The zero-order valence-corrected chi connectivity index (χ0v) is 9.70. The van der Waals surface area contributed by atoms with Crippen molar-refractivity contribution in [2.45, 2.75) is 19.9 Å². The van der Waals surface area contributed by atoms with Crippen LogP contribution in [-0.4, -0.2) is 17.1 Å². The Bertz CT molecular complexity index is 300. The van der Waals surface area contributed by atoms with Crippen molar-refractivity contribution in [2.75, 3.05) is 5.32 Å². The number of rotatable bonds is 2. The highest BCUT2D eigenvalue weighted by molar-refractivity contribution is 9.11. The molecular formula is C7H10BrN3OS. The van der Waals surface area contributed by atoms with Crippen molar-refractivity contribution in [3.8, 4) is 0 Å². The Morgan fingerprint density at radius 3 is 2.85 bits per heavy atom. The van der Waals surface area contributed by atoms with Crippen LogP contribution in [0.4, 0.5) is 9.93 Å². The zero-order chi connectivity index (χ0) is 9.84. The number of carbonyl (C=O) groups is 1. The Morgan fingerprint density at radius 2 is 2.38 bits per heavy atom. The van der Waals surface area contributed by atoms with Gasteiger partial charge < -0.3 is 5.32 Å². The molecule has 0 fully saturated rings. The van der Waals surface area contributed by atoms with Crippen LogP contribution in [0.2, 0.25) is 0 Å². The highest BCUT2D eigenvalue weighted by Crippen LogP contribution is 2.22. The maximum Gasteiger partial charge on any atom is 0.321 e. The number of amides is 2. The molecule has 0 radical (unpaired) electrons. The van der Waals surface area contributed by atoms with Gasteiger partial charge in [-0.15, -0.1) is 0 Å². The topological polar surface area (TPSA) is 54.0 Å². The van der Waals surface area contributed by atoms with Crippen LogP contribution in [0.25, 0.3) is 0 Å². The van der Waals surface area contributed by atoms with Crippen molar-refractivity contribution in [3.05, 3.63) is 9.98 Å². The second-order valence-electron chi connectivity index (χ2n) is 2.72. The van der Waals surface area contributed by atoms with E-state index in [1.165, 1.54) is 11.3 Å². The maximum atomic E-state index is 11.2. The van der Waals surface area contributed by atoms with E-state index in [-0.39, 0.29) is 12.1 Å². The fourth-order valence-electron chi connectivity index (χ4n) is 0.708. The van der Waals surface area contributed by atoms with Crippen molar-refractivity contribution in [1.82, 2.24) is 10.3 Å². The van der Waals surface area contributed by atoms with Gasteiger partial charge in [0.15, 0.2) is 5.13 Å². The maximum absolute atomic E-state index is 11.2. The van der Waals surface area contributed by atoms with Crippen molar-refractivity contribution in [2.24, 2.45) is 0 Å². The molecule has 1 aromatic rings. The summed E-state index contributed by atoms with van der Waals surface area (Å²) in [5.41, 5.74) is 0. The van der Waals surface area contributed by atoms with Gasteiger partial charge in [-0.2, -0.15) is 0 Å². The first-order valence-corrected chi connectivity index (χ1v) is 5.37. The van der Waals surface area contributed by atoms with Crippen molar-refractivity contribution in [3.63, 3.8) is 0 Å². The van der Waals surface area contributed by atoms with Gasteiger partial charge >= 0.3 is 6.03 Å². The molecule has 0 saturated carbocycles. The summed E-state index contributed by atoms with van der Waals surface area (Å²) >= 11 is 4.63. The van der Waals surface area contributed by atoms with Crippen LogP contribution in [0, 0.1) is 0 Å². The van der Waals surface area contributed by atoms with E-state index in [0.29, 0.717) is 5.13 Å². The molecule has 13 heavy (non-hydrogen) atoms. The third-order valence-electron chi connectivity index (χ3n) is 1.12. The lowest BCUT2D eigenvalue weighted by molar-refractivity contribution is 0.250. The summed E-state index contributed by atoms with van der Waals surface area (Å²) in [4.78, 5) is 15.1. The molecule has 0 unspecified atom stereocenters. The number of carbonyl (C=O) groups excluding carboxylic acids is 1. The third-order valence-corrected chi connectivity index (χ3v) is 2.51. The van der Waals surface area contributed by atoms with Crippen LogP contribution in [-0.2, 0) is 0 Å². The second kappa shape index (κ2) is 4.57. The Labute approximate surface area is 88.9 Å². The fraction of sp³-hybridized carbons (Fsp3) is 0.429. The van der Waals surface area contributed by atoms with Gasteiger partial charge in [0.05, 0.1) is 9.98 Å². The molecule has 0 bridgehead atoms. The predicted molar refractivity (Wildman–Crippen MR) is 57.1 cm³/mol. The largest absolute Gasteiger partial charge is 0.336 e. The molecule has 72 valence electrons. The molecule has 0 saturated heterocycles. The minimum atomic E-state index is -0.225. The summed E-state index contributed by atoms with van der Waals surface area (Å²) in [7, 11) is 0. The summed E-state index contributed by atoms with van der Waals surface area (Å²) in [5.74, 6) is 0. The number of thiazole rings is 1. The first-order valence-electron chi connectivity index (χ1n) is 3.77. The van der Waals surface area contributed by atoms with E-state index in [1.807, 2.05) is 13.8 Å². The van der Waals surface area contributed by atoms with Crippen LogP contribution in [0.3, 0.4) is 0 Å². The number of aromatic nitrogens is 1. The fourth-order valence-corrected chi connectivity index (χ4v) is 1.81. The van der Waals surface area contributed by atoms with Crippen LogP contribution >= 0.6 is 27.3 Å². The van der Waals surface area contributed by atoms with Crippen molar-refractivity contribution < 1.29 is 4.79 Å². The summed E-state index contributed by atoms with van der Waals surface area (Å²) in [5, 5.41) is 5.91. The first kappa shape index (κ1) is 10.5. The molecule has 6 heteroatoms. The van der Waals surface area contributed by atoms with Gasteiger partial charge in [0.25, 0.3) is 0 Å². The average Bonchev–Trinajstić information content (AvgIpc) is 2.33. The number of halogens is 1. The zero-order valence-electron chi connectivity index (χ0n) is 7.30.